The van der Waals surface area contributed by atoms with E-state index < -0.39 is 6.10 Å². The number of hydrogen-bond donors (Lipinski definition) is 1. The summed E-state index contributed by atoms with van der Waals surface area (Å²) in [6.45, 7) is 1.72. The first-order valence-electron chi connectivity index (χ1n) is 4.76. The molecule has 0 amide bonds. The Morgan fingerprint density at radius 3 is 2.81 bits per heavy atom. The van der Waals surface area contributed by atoms with Gasteiger partial charge in [-0.3, -0.25) is 0 Å². The van der Waals surface area contributed by atoms with Crippen LogP contribution in [0.2, 0.25) is 5.02 Å². The molecule has 0 bridgehead atoms. The van der Waals surface area contributed by atoms with Crippen molar-refractivity contribution in [2.75, 3.05) is 0 Å². The summed E-state index contributed by atoms with van der Waals surface area (Å²) in [5.41, 5.74) is 1.62. The van der Waals surface area contributed by atoms with Crippen LogP contribution in [0.15, 0.2) is 35.1 Å². The second-order valence-electron chi connectivity index (χ2n) is 3.48. The molecule has 0 aliphatic rings. The van der Waals surface area contributed by atoms with Crippen molar-refractivity contribution in [2.24, 2.45) is 0 Å². The van der Waals surface area contributed by atoms with E-state index in [2.05, 4.69) is 21.0 Å². The van der Waals surface area contributed by atoms with E-state index in [0.29, 0.717) is 5.02 Å². The van der Waals surface area contributed by atoms with E-state index in [1.165, 1.54) is 0 Å². The molecule has 1 aromatic carbocycles. The molecule has 0 aliphatic heterocycles. The van der Waals surface area contributed by atoms with Crippen molar-refractivity contribution < 1.29 is 5.11 Å². The van der Waals surface area contributed by atoms with E-state index in [1.54, 1.807) is 24.0 Å². The predicted octanol–water partition coefficient (Wildman–Crippen LogP) is 3.34. The standard InChI is InChI=1S/C11H10BrClN2O/c1-7(16)10-3-2-8(12)4-11(10)15-6-9(13)5-14-15/h2-7,16H,1H3. The smallest absolute Gasteiger partial charge is 0.0790 e. The van der Waals surface area contributed by atoms with Gasteiger partial charge in [0.25, 0.3) is 0 Å². The van der Waals surface area contributed by atoms with Crippen LogP contribution in [0, 0.1) is 0 Å². The summed E-state index contributed by atoms with van der Waals surface area (Å²) < 4.78 is 2.58. The number of aromatic nitrogens is 2. The monoisotopic (exact) mass is 300 g/mol. The third-order valence-corrected chi connectivity index (χ3v) is 2.93. The van der Waals surface area contributed by atoms with E-state index >= 15 is 0 Å². The molecule has 1 unspecified atom stereocenters. The summed E-state index contributed by atoms with van der Waals surface area (Å²) >= 11 is 9.22. The Kier molecular flexibility index (Phi) is 3.33. The van der Waals surface area contributed by atoms with Crippen LogP contribution >= 0.6 is 27.5 Å². The zero-order valence-electron chi connectivity index (χ0n) is 8.56. The molecule has 16 heavy (non-hydrogen) atoms. The maximum atomic E-state index is 9.67. The number of hydrogen-bond acceptors (Lipinski definition) is 2. The van der Waals surface area contributed by atoms with Gasteiger partial charge >= 0.3 is 0 Å². The molecule has 0 radical (unpaired) electrons. The molecule has 0 saturated carbocycles. The average molecular weight is 302 g/mol. The van der Waals surface area contributed by atoms with Gasteiger partial charge in [0, 0.05) is 16.2 Å². The Bertz CT molecular complexity index is 510. The summed E-state index contributed by atoms with van der Waals surface area (Å²) in [6.07, 6.45) is 2.72. The number of aliphatic hydroxyl groups excluding tert-OH is 1. The molecule has 0 saturated heterocycles. The molecule has 1 aromatic heterocycles. The van der Waals surface area contributed by atoms with Crippen LogP contribution in [0.25, 0.3) is 5.69 Å². The zero-order chi connectivity index (χ0) is 11.7. The van der Waals surface area contributed by atoms with Gasteiger partial charge in [-0.05, 0) is 19.1 Å². The van der Waals surface area contributed by atoms with Crippen molar-refractivity contribution >= 4 is 27.5 Å². The summed E-state index contributed by atoms with van der Waals surface area (Å²) in [4.78, 5) is 0. The van der Waals surface area contributed by atoms with Crippen LogP contribution in [-0.4, -0.2) is 14.9 Å². The molecule has 1 atom stereocenters. The van der Waals surface area contributed by atoms with E-state index in [4.69, 9.17) is 11.6 Å². The lowest BCUT2D eigenvalue weighted by Gasteiger charge is -2.12. The maximum Gasteiger partial charge on any atom is 0.0790 e. The van der Waals surface area contributed by atoms with Crippen molar-refractivity contribution in [3.63, 3.8) is 0 Å². The number of aliphatic hydroxyl groups is 1. The third kappa shape index (κ3) is 2.29. The molecule has 2 rings (SSSR count). The van der Waals surface area contributed by atoms with Gasteiger partial charge in [0.1, 0.15) is 0 Å². The van der Waals surface area contributed by atoms with E-state index in [1.807, 2.05) is 18.2 Å². The fourth-order valence-electron chi connectivity index (χ4n) is 1.50. The highest BCUT2D eigenvalue weighted by atomic mass is 79.9. The highest BCUT2D eigenvalue weighted by Crippen LogP contribution is 2.25. The Labute approximate surface area is 107 Å². The lowest BCUT2D eigenvalue weighted by Crippen LogP contribution is -2.02. The highest BCUT2D eigenvalue weighted by molar-refractivity contribution is 9.10. The first-order valence-corrected chi connectivity index (χ1v) is 5.93. The van der Waals surface area contributed by atoms with Crippen LogP contribution in [0.3, 0.4) is 0 Å². The van der Waals surface area contributed by atoms with Crippen molar-refractivity contribution in [2.45, 2.75) is 13.0 Å². The first kappa shape index (κ1) is 11.6. The SMILES string of the molecule is CC(O)c1ccc(Br)cc1-n1cc(Cl)cn1. The minimum absolute atomic E-state index is 0.550. The number of halogens is 2. The Balaban J connectivity index is 2.57. The Hall–Kier alpha value is -0.840. The van der Waals surface area contributed by atoms with Gasteiger partial charge < -0.3 is 5.11 Å². The zero-order valence-corrected chi connectivity index (χ0v) is 10.9. The second kappa shape index (κ2) is 4.57. The van der Waals surface area contributed by atoms with Crippen LogP contribution < -0.4 is 0 Å². The molecule has 1 N–H and O–H groups in total. The van der Waals surface area contributed by atoms with E-state index in [0.717, 1.165) is 15.7 Å². The molecule has 2 aromatic rings. The lowest BCUT2D eigenvalue weighted by atomic mass is 10.1. The average Bonchev–Trinajstić information content (AvgIpc) is 2.64. The number of nitrogens with zero attached hydrogens (tertiary/aromatic N) is 2. The van der Waals surface area contributed by atoms with Crippen molar-refractivity contribution in [3.05, 3.63) is 45.7 Å². The number of rotatable bonds is 2. The molecule has 0 fully saturated rings. The molecule has 0 aliphatic carbocycles. The van der Waals surface area contributed by atoms with Crippen molar-refractivity contribution in [3.8, 4) is 5.69 Å². The van der Waals surface area contributed by atoms with Crippen LogP contribution in [0.1, 0.15) is 18.6 Å². The predicted molar refractivity (Wildman–Crippen MR) is 66.9 cm³/mol. The topological polar surface area (TPSA) is 38.0 Å². The molecule has 1 heterocycles. The van der Waals surface area contributed by atoms with Gasteiger partial charge in [-0.2, -0.15) is 5.10 Å². The second-order valence-corrected chi connectivity index (χ2v) is 4.83. The molecule has 5 heteroatoms. The fraction of sp³-hybridized carbons (Fsp3) is 0.182. The van der Waals surface area contributed by atoms with Gasteiger partial charge in [-0.1, -0.05) is 33.6 Å². The first-order chi connectivity index (χ1) is 7.58. The summed E-state index contributed by atoms with van der Waals surface area (Å²) in [5, 5.41) is 14.4. The van der Waals surface area contributed by atoms with Gasteiger partial charge in [0.15, 0.2) is 0 Å². The molecular formula is C11H10BrClN2O. The van der Waals surface area contributed by atoms with Crippen LogP contribution in [0.5, 0.6) is 0 Å². The minimum atomic E-state index is -0.550. The van der Waals surface area contributed by atoms with Gasteiger partial charge in [0.2, 0.25) is 0 Å². The van der Waals surface area contributed by atoms with Crippen LogP contribution in [-0.2, 0) is 0 Å². The third-order valence-electron chi connectivity index (χ3n) is 2.24. The molecule has 3 nitrogen and oxygen atoms in total. The molecular weight excluding hydrogens is 291 g/mol. The molecule has 84 valence electrons. The van der Waals surface area contributed by atoms with Gasteiger partial charge in [-0.15, -0.1) is 0 Å². The summed E-state index contributed by atoms with van der Waals surface area (Å²) in [5.74, 6) is 0. The lowest BCUT2D eigenvalue weighted by molar-refractivity contribution is 0.199. The minimum Gasteiger partial charge on any atom is -0.389 e. The Morgan fingerprint density at radius 2 is 2.25 bits per heavy atom. The van der Waals surface area contributed by atoms with Gasteiger partial charge in [-0.25, -0.2) is 4.68 Å². The van der Waals surface area contributed by atoms with E-state index in [9.17, 15) is 5.11 Å². The summed E-state index contributed by atoms with van der Waals surface area (Å²) in [6, 6.07) is 5.64. The molecule has 0 spiro atoms. The normalized spacial score (nSPS) is 12.8. The summed E-state index contributed by atoms with van der Waals surface area (Å²) in [7, 11) is 0. The maximum absolute atomic E-state index is 9.67. The number of benzene rings is 1. The largest absolute Gasteiger partial charge is 0.389 e. The quantitative estimate of drug-likeness (QED) is 0.924. The highest BCUT2D eigenvalue weighted by Gasteiger charge is 2.11. The van der Waals surface area contributed by atoms with Gasteiger partial charge in [0.05, 0.1) is 23.0 Å². The van der Waals surface area contributed by atoms with Crippen LogP contribution in [0.4, 0.5) is 0 Å². The Morgan fingerprint density at radius 1 is 1.50 bits per heavy atom. The van der Waals surface area contributed by atoms with Crippen molar-refractivity contribution in [1.29, 1.82) is 0 Å². The van der Waals surface area contributed by atoms with E-state index in [-0.39, 0.29) is 0 Å². The van der Waals surface area contributed by atoms with Crippen molar-refractivity contribution in [1.82, 2.24) is 9.78 Å². The fourth-order valence-corrected chi connectivity index (χ4v) is 1.99.